The molecule has 0 aliphatic rings. The zero-order chi connectivity index (χ0) is 13.2. The number of hydrogen-bond acceptors (Lipinski definition) is 4. The van der Waals surface area contributed by atoms with Gasteiger partial charge >= 0.3 is 0 Å². The van der Waals surface area contributed by atoms with Crippen molar-refractivity contribution in [2.24, 2.45) is 0 Å². The smallest absolute Gasteiger partial charge is 0.156 e. The Labute approximate surface area is 118 Å². The molecule has 3 aromatic rings. The van der Waals surface area contributed by atoms with Gasteiger partial charge in [0.2, 0.25) is 0 Å². The summed E-state index contributed by atoms with van der Waals surface area (Å²) in [6, 6.07) is 11.0. The van der Waals surface area contributed by atoms with Crippen LogP contribution in [-0.4, -0.2) is 9.97 Å². The number of nitrogen functional groups attached to an aromatic ring is 1. The summed E-state index contributed by atoms with van der Waals surface area (Å²) in [6.45, 7) is 0. The lowest BCUT2D eigenvalue weighted by Gasteiger charge is -2.09. The number of para-hydroxylation sites is 2. The fourth-order valence-corrected chi connectivity index (χ4v) is 2.07. The number of anilines is 1. The Morgan fingerprint density at radius 1 is 1.05 bits per heavy atom. The molecule has 0 fully saturated rings. The lowest BCUT2D eigenvalue weighted by Crippen LogP contribution is -1.93. The average Bonchev–Trinajstić information content (AvgIpc) is 2.41. The minimum absolute atomic E-state index is 0.588. The number of nitrogens with two attached hydrogens (primary N) is 1. The van der Waals surface area contributed by atoms with Crippen LogP contribution in [0.4, 0.5) is 5.69 Å². The topological polar surface area (TPSA) is 61.0 Å². The fourth-order valence-electron chi connectivity index (χ4n) is 1.76. The van der Waals surface area contributed by atoms with E-state index in [4.69, 9.17) is 10.5 Å². The Hall–Kier alpha value is -2.14. The van der Waals surface area contributed by atoms with E-state index in [2.05, 4.69) is 25.9 Å². The molecule has 3 rings (SSSR count). The van der Waals surface area contributed by atoms with Gasteiger partial charge in [0.25, 0.3) is 0 Å². The molecule has 19 heavy (non-hydrogen) atoms. The normalized spacial score (nSPS) is 10.6. The summed E-state index contributed by atoms with van der Waals surface area (Å²) in [5.74, 6) is 1.25. The summed E-state index contributed by atoms with van der Waals surface area (Å²) < 4.78 is 6.70. The molecule has 94 valence electrons. The third-order valence-corrected chi connectivity index (χ3v) is 3.08. The van der Waals surface area contributed by atoms with Crippen LogP contribution in [0.1, 0.15) is 0 Å². The van der Waals surface area contributed by atoms with E-state index in [9.17, 15) is 0 Å². The zero-order valence-corrected chi connectivity index (χ0v) is 11.5. The predicted octanol–water partition coefficient (Wildman–Crippen LogP) is 3.77. The van der Waals surface area contributed by atoms with Crippen molar-refractivity contribution in [1.29, 1.82) is 0 Å². The maximum atomic E-state index is 5.87. The number of rotatable bonds is 2. The van der Waals surface area contributed by atoms with Crippen LogP contribution in [0.15, 0.2) is 53.3 Å². The Kier molecular flexibility index (Phi) is 3.05. The second-order valence-electron chi connectivity index (χ2n) is 3.97. The third-order valence-electron chi connectivity index (χ3n) is 2.65. The van der Waals surface area contributed by atoms with Gasteiger partial charge in [0, 0.05) is 22.9 Å². The minimum Gasteiger partial charge on any atom is -0.453 e. The standard InChI is InChI=1S/C14H10BrN3O/c15-9-7-11-14(18-8-9)13(5-6-17-11)19-12-4-2-1-3-10(12)16/h1-8H,16H2. The van der Waals surface area contributed by atoms with Crippen molar-refractivity contribution >= 4 is 32.7 Å². The number of fused-ring (bicyclic) bond motifs is 1. The molecule has 0 spiro atoms. The van der Waals surface area contributed by atoms with Crippen LogP contribution < -0.4 is 10.5 Å². The van der Waals surface area contributed by atoms with Crippen LogP contribution in [0.5, 0.6) is 11.5 Å². The number of ether oxygens (including phenoxy) is 1. The van der Waals surface area contributed by atoms with Crippen molar-refractivity contribution in [1.82, 2.24) is 9.97 Å². The summed E-state index contributed by atoms with van der Waals surface area (Å²) in [4.78, 5) is 8.59. The number of nitrogens with zero attached hydrogens (tertiary/aromatic N) is 2. The third kappa shape index (κ3) is 2.37. The van der Waals surface area contributed by atoms with E-state index in [1.165, 1.54) is 0 Å². The van der Waals surface area contributed by atoms with E-state index in [0.29, 0.717) is 22.7 Å². The van der Waals surface area contributed by atoms with Gasteiger partial charge in [-0.1, -0.05) is 12.1 Å². The molecule has 0 saturated heterocycles. The van der Waals surface area contributed by atoms with Gasteiger partial charge in [-0.25, -0.2) is 4.98 Å². The highest BCUT2D eigenvalue weighted by Crippen LogP contribution is 2.31. The quantitative estimate of drug-likeness (QED) is 0.731. The van der Waals surface area contributed by atoms with Crippen molar-refractivity contribution in [3.05, 3.63) is 53.3 Å². The highest BCUT2D eigenvalue weighted by molar-refractivity contribution is 9.10. The zero-order valence-electron chi connectivity index (χ0n) is 9.88. The van der Waals surface area contributed by atoms with Gasteiger partial charge in [0.1, 0.15) is 11.3 Å². The Morgan fingerprint density at radius 3 is 2.74 bits per heavy atom. The molecule has 2 heterocycles. The first-order valence-electron chi connectivity index (χ1n) is 5.66. The highest BCUT2D eigenvalue weighted by Gasteiger charge is 2.07. The monoisotopic (exact) mass is 315 g/mol. The summed E-state index contributed by atoms with van der Waals surface area (Å²) in [5.41, 5.74) is 7.92. The van der Waals surface area contributed by atoms with Crippen molar-refractivity contribution in [3.8, 4) is 11.5 Å². The molecular formula is C14H10BrN3O. The molecule has 0 aliphatic carbocycles. The van der Waals surface area contributed by atoms with Gasteiger partial charge in [-0.2, -0.15) is 0 Å². The van der Waals surface area contributed by atoms with Gasteiger partial charge in [0.05, 0.1) is 11.2 Å². The van der Waals surface area contributed by atoms with Gasteiger partial charge in [-0.3, -0.25) is 4.98 Å². The summed E-state index contributed by atoms with van der Waals surface area (Å²) in [5, 5.41) is 0. The molecule has 0 saturated carbocycles. The fraction of sp³-hybridized carbons (Fsp3) is 0. The molecule has 4 nitrogen and oxygen atoms in total. The van der Waals surface area contributed by atoms with E-state index < -0.39 is 0 Å². The van der Waals surface area contributed by atoms with Crippen molar-refractivity contribution in [2.75, 3.05) is 5.73 Å². The number of halogens is 1. The number of pyridine rings is 2. The van der Waals surface area contributed by atoms with Crippen LogP contribution in [0.3, 0.4) is 0 Å². The minimum atomic E-state index is 0.588. The molecule has 5 heteroatoms. The van der Waals surface area contributed by atoms with Crippen LogP contribution >= 0.6 is 15.9 Å². The van der Waals surface area contributed by atoms with Gasteiger partial charge in [-0.15, -0.1) is 0 Å². The number of aromatic nitrogens is 2. The van der Waals surface area contributed by atoms with E-state index in [-0.39, 0.29) is 0 Å². The maximum Gasteiger partial charge on any atom is 0.156 e. The Bertz CT molecular complexity index is 746. The molecular weight excluding hydrogens is 306 g/mol. The van der Waals surface area contributed by atoms with E-state index in [1.807, 2.05) is 24.3 Å². The largest absolute Gasteiger partial charge is 0.453 e. The van der Waals surface area contributed by atoms with Crippen molar-refractivity contribution in [3.63, 3.8) is 0 Å². The van der Waals surface area contributed by atoms with Crippen molar-refractivity contribution < 1.29 is 4.74 Å². The molecule has 0 bridgehead atoms. The lowest BCUT2D eigenvalue weighted by molar-refractivity contribution is 0.489. The Balaban J connectivity index is 2.09. The van der Waals surface area contributed by atoms with Crippen LogP contribution in [-0.2, 0) is 0 Å². The first-order valence-corrected chi connectivity index (χ1v) is 6.46. The Morgan fingerprint density at radius 2 is 1.89 bits per heavy atom. The molecule has 2 aromatic heterocycles. The lowest BCUT2D eigenvalue weighted by atomic mass is 10.3. The SMILES string of the molecule is Nc1ccccc1Oc1ccnc2cc(Br)cnc12. The second kappa shape index (κ2) is 4.85. The summed E-state index contributed by atoms with van der Waals surface area (Å²) in [7, 11) is 0. The molecule has 0 radical (unpaired) electrons. The molecule has 0 unspecified atom stereocenters. The number of benzene rings is 1. The first kappa shape index (κ1) is 11.9. The molecule has 0 atom stereocenters. The van der Waals surface area contributed by atoms with Crippen LogP contribution in [0, 0.1) is 0 Å². The number of hydrogen-bond donors (Lipinski definition) is 1. The molecule has 0 aliphatic heterocycles. The average molecular weight is 316 g/mol. The van der Waals surface area contributed by atoms with Crippen LogP contribution in [0.25, 0.3) is 11.0 Å². The van der Waals surface area contributed by atoms with E-state index in [1.54, 1.807) is 24.5 Å². The molecule has 0 amide bonds. The summed E-state index contributed by atoms with van der Waals surface area (Å²) in [6.07, 6.45) is 3.40. The predicted molar refractivity (Wildman–Crippen MR) is 78.2 cm³/mol. The van der Waals surface area contributed by atoms with Gasteiger partial charge < -0.3 is 10.5 Å². The highest BCUT2D eigenvalue weighted by atomic mass is 79.9. The maximum absolute atomic E-state index is 5.87. The van der Waals surface area contributed by atoms with Crippen molar-refractivity contribution in [2.45, 2.75) is 0 Å². The van der Waals surface area contributed by atoms with Gasteiger partial charge in [0.15, 0.2) is 5.75 Å². The molecule has 1 aromatic carbocycles. The van der Waals surface area contributed by atoms with E-state index >= 15 is 0 Å². The summed E-state index contributed by atoms with van der Waals surface area (Å²) >= 11 is 3.37. The first-order chi connectivity index (χ1) is 9.24. The molecule has 2 N–H and O–H groups in total. The second-order valence-corrected chi connectivity index (χ2v) is 4.89. The van der Waals surface area contributed by atoms with Gasteiger partial charge in [-0.05, 0) is 34.1 Å². The van der Waals surface area contributed by atoms with E-state index in [0.717, 1.165) is 9.99 Å². The van der Waals surface area contributed by atoms with Crippen LogP contribution in [0.2, 0.25) is 0 Å².